The highest BCUT2D eigenvalue weighted by Crippen LogP contribution is 2.32. The molecule has 0 aromatic carbocycles. The average Bonchev–Trinajstić information content (AvgIpc) is 2.07. The predicted molar refractivity (Wildman–Crippen MR) is 51.4 cm³/mol. The first-order valence-corrected chi connectivity index (χ1v) is 4.28. The maximum absolute atomic E-state index is 10.6. The van der Waals surface area contributed by atoms with Crippen molar-refractivity contribution in [2.45, 2.75) is 26.7 Å². The number of aromatic hydroxyl groups is 1. The van der Waals surface area contributed by atoms with Crippen LogP contribution in [0.5, 0.6) is 5.75 Å². The van der Waals surface area contributed by atoms with Crippen LogP contribution in [0.3, 0.4) is 0 Å². The Balaban J connectivity index is 3.40. The van der Waals surface area contributed by atoms with Crippen molar-refractivity contribution in [3.8, 4) is 5.75 Å². The Hall–Kier alpha value is -1.65. The molecule has 5 heteroatoms. The van der Waals surface area contributed by atoms with Gasteiger partial charge in [0.1, 0.15) is 0 Å². The lowest BCUT2D eigenvalue weighted by Crippen LogP contribution is -1.99. The molecule has 0 unspecified atom stereocenters. The Morgan fingerprint density at radius 3 is 2.57 bits per heavy atom. The molecular formula is C9H12N2O3. The number of nitrogens with zero attached hydrogens (tertiary/aromatic N) is 2. The fraction of sp³-hybridized carbons (Fsp3) is 0.444. The van der Waals surface area contributed by atoms with E-state index in [1.807, 2.05) is 13.8 Å². The van der Waals surface area contributed by atoms with E-state index in [9.17, 15) is 15.2 Å². The van der Waals surface area contributed by atoms with Crippen LogP contribution in [-0.2, 0) is 0 Å². The minimum atomic E-state index is -0.601. The summed E-state index contributed by atoms with van der Waals surface area (Å²) in [7, 11) is 0. The van der Waals surface area contributed by atoms with Gasteiger partial charge >= 0.3 is 5.69 Å². The Kier molecular flexibility index (Phi) is 2.69. The number of rotatable bonds is 2. The topological polar surface area (TPSA) is 76.3 Å². The number of aryl methyl sites for hydroxylation is 1. The van der Waals surface area contributed by atoms with Gasteiger partial charge in [-0.1, -0.05) is 13.8 Å². The fourth-order valence-electron chi connectivity index (χ4n) is 1.21. The second-order valence-electron chi connectivity index (χ2n) is 3.43. The molecule has 1 heterocycles. The number of hydrogen-bond acceptors (Lipinski definition) is 4. The van der Waals surface area contributed by atoms with Gasteiger partial charge in [-0.25, -0.2) is 0 Å². The van der Waals surface area contributed by atoms with E-state index in [1.54, 1.807) is 6.92 Å². The van der Waals surface area contributed by atoms with Crippen LogP contribution in [0.4, 0.5) is 5.69 Å². The van der Waals surface area contributed by atoms with Crippen molar-refractivity contribution in [3.63, 3.8) is 0 Å². The summed E-state index contributed by atoms with van der Waals surface area (Å²) in [6.45, 7) is 5.31. The van der Waals surface area contributed by atoms with Crippen LogP contribution in [0.15, 0.2) is 6.07 Å². The summed E-state index contributed by atoms with van der Waals surface area (Å²) < 4.78 is 0. The van der Waals surface area contributed by atoms with Gasteiger partial charge < -0.3 is 5.11 Å². The van der Waals surface area contributed by atoms with Gasteiger partial charge in [0.15, 0.2) is 0 Å². The summed E-state index contributed by atoms with van der Waals surface area (Å²) in [6.07, 6.45) is 0. The number of nitro groups is 1. The molecule has 76 valence electrons. The van der Waals surface area contributed by atoms with Crippen LogP contribution in [-0.4, -0.2) is 15.0 Å². The molecule has 1 aromatic rings. The summed E-state index contributed by atoms with van der Waals surface area (Å²) in [6, 6.07) is 1.27. The molecule has 0 saturated heterocycles. The molecule has 0 fully saturated rings. The van der Waals surface area contributed by atoms with Gasteiger partial charge in [-0.15, -0.1) is 0 Å². The van der Waals surface area contributed by atoms with Crippen molar-refractivity contribution >= 4 is 5.69 Å². The standard InChI is InChI=1S/C9H12N2O3/c1-5(2)8-9(12)7(11(13)14)4-6(3)10-8/h4-5,12H,1-3H3. The lowest BCUT2D eigenvalue weighted by Gasteiger charge is -2.07. The van der Waals surface area contributed by atoms with Gasteiger partial charge in [-0.3, -0.25) is 15.1 Å². The van der Waals surface area contributed by atoms with Gasteiger partial charge in [0.05, 0.1) is 10.6 Å². The second-order valence-corrected chi connectivity index (χ2v) is 3.43. The van der Waals surface area contributed by atoms with Gasteiger partial charge in [0, 0.05) is 11.8 Å². The first kappa shape index (κ1) is 10.4. The zero-order valence-electron chi connectivity index (χ0n) is 8.31. The van der Waals surface area contributed by atoms with Crippen LogP contribution in [0.1, 0.15) is 31.2 Å². The molecule has 0 atom stereocenters. The first-order valence-electron chi connectivity index (χ1n) is 4.28. The monoisotopic (exact) mass is 196 g/mol. The zero-order valence-corrected chi connectivity index (χ0v) is 8.31. The molecule has 0 aliphatic rings. The molecule has 0 saturated carbocycles. The lowest BCUT2D eigenvalue weighted by atomic mass is 10.1. The van der Waals surface area contributed by atoms with Crippen molar-refractivity contribution in [3.05, 3.63) is 27.6 Å². The second kappa shape index (κ2) is 3.61. The molecule has 1 rings (SSSR count). The summed E-state index contributed by atoms with van der Waals surface area (Å²) in [5, 5.41) is 20.1. The highest BCUT2D eigenvalue weighted by Gasteiger charge is 2.20. The van der Waals surface area contributed by atoms with E-state index < -0.39 is 4.92 Å². The Morgan fingerprint density at radius 1 is 1.57 bits per heavy atom. The van der Waals surface area contributed by atoms with Crippen molar-refractivity contribution in [2.75, 3.05) is 0 Å². The quantitative estimate of drug-likeness (QED) is 0.580. The summed E-state index contributed by atoms with van der Waals surface area (Å²) >= 11 is 0. The number of aromatic nitrogens is 1. The molecule has 0 radical (unpaired) electrons. The molecule has 0 aliphatic heterocycles. The van der Waals surface area contributed by atoms with Crippen LogP contribution in [0, 0.1) is 17.0 Å². The Morgan fingerprint density at radius 2 is 2.14 bits per heavy atom. The zero-order chi connectivity index (χ0) is 10.9. The van der Waals surface area contributed by atoms with Crippen molar-refractivity contribution in [1.29, 1.82) is 0 Å². The van der Waals surface area contributed by atoms with Gasteiger partial charge in [0.25, 0.3) is 0 Å². The SMILES string of the molecule is Cc1cc([N+](=O)[O-])c(O)c(C(C)C)n1. The van der Waals surface area contributed by atoms with Crippen molar-refractivity contribution < 1.29 is 10.0 Å². The van der Waals surface area contributed by atoms with E-state index >= 15 is 0 Å². The summed E-state index contributed by atoms with van der Waals surface area (Å²) in [4.78, 5) is 14.0. The third kappa shape index (κ3) is 1.81. The number of hydrogen-bond donors (Lipinski definition) is 1. The maximum atomic E-state index is 10.6. The summed E-state index contributed by atoms with van der Waals surface area (Å²) in [5.74, 6) is -0.357. The lowest BCUT2D eigenvalue weighted by molar-refractivity contribution is -0.386. The normalized spacial score (nSPS) is 10.6. The molecule has 0 amide bonds. The molecule has 1 N–H and O–H groups in total. The van der Waals surface area contributed by atoms with E-state index in [2.05, 4.69) is 4.98 Å². The van der Waals surface area contributed by atoms with E-state index in [0.717, 1.165) is 0 Å². The van der Waals surface area contributed by atoms with E-state index in [0.29, 0.717) is 11.4 Å². The third-order valence-corrected chi connectivity index (χ3v) is 1.87. The Labute approximate surface area is 81.6 Å². The molecule has 0 bridgehead atoms. The van der Waals surface area contributed by atoms with E-state index in [1.165, 1.54) is 6.07 Å². The summed E-state index contributed by atoms with van der Waals surface area (Å²) in [5.41, 5.74) is 0.635. The van der Waals surface area contributed by atoms with Crippen LogP contribution >= 0.6 is 0 Å². The predicted octanol–water partition coefficient (Wildman–Crippen LogP) is 2.13. The first-order chi connectivity index (χ1) is 6.43. The van der Waals surface area contributed by atoms with Crippen LogP contribution in [0.2, 0.25) is 0 Å². The van der Waals surface area contributed by atoms with Crippen molar-refractivity contribution in [2.24, 2.45) is 0 Å². The van der Waals surface area contributed by atoms with Gasteiger partial charge in [-0.2, -0.15) is 0 Å². The Bertz CT molecular complexity index is 375. The highest BCUT2D eigenvalue weighted by atomic mass is 16.6. The fourth-order valence-corrected chi connectivity index (χ4v) is 1.21. The maximum Gasteiger partial charge on any atom is 0.314 e. The smallest absolute Gasteiger partial charge is 0.314 e. The molecular weight excluding hydrogens is 184 g/mol. The molecule has 0 spiro atoms. The van der Waals surface area contributed by atoms with Crippen molar-refractivity contribution in [1.82, 2.24) is 4.98 Å². The minimum absolute atomic E-state index is 0.0337. The highest BCUT2D eigenvalue weighted by molar-refractivity contribution is 5.49. The van der Waals surface area contributed by atoms with Gasteiger partial charge in [-0.05, 0) is 12.8 Å². The van der Waals surface area contributed by atoms with E-state index in [-0.39, 0.29) is 17.4 Å². The molecule has 0 aliphatic carbocycles. The van der Waals surface area contributed by atoms with Crippen LogP contribution < -0.4 is 0 Å². The number of pyridine rings is 1. The van der Waals surface area contributed by atoms with Crippen LogP contribution in [0.25, 0.3) is 0 Å². The molecule has 1 aromatic heterocycles. The third-order valence-electron chi connectivity index (χ3n) is 1.87. The minimum Gasteiger partial charge on any atom is -0.501 e. The average molecular weight is 196 g/mol. The molecule has 14 heavy (non-hydrogen) atoms. The molecule has 5 nitrogen and oxygen atoms in total. The van der Waals surface area contributed by atoms with Gasteiger partial charge in [0.2, 0.25) is 5.75 Å². The van der Waals surface area contributed by atoms with E-state index in [4.69, 9.17) is 0 Å². The largest absolute Gasteiger partial charge is 0.501 e.